The monoisotopic (exact) mass is 252 g/mol. The molecule has 1 aromatic carbocycles. The third-order valence-electron chi connectivity index (χ3n) is 2.81. The van der Waals surface area contributed by atoms with Crippen molar-refractivity contribution in [3.63, 3.8) is 0 Å². The number of carbonyl (C=O) groups is 1. The molecule has 0 saturated heterocycles. The molecular weight excluding hydrogens is 231 g/mol. The fourth-order valence-electron chi connectivity index (χ4n) is 1.71. The zero-order chi connectivity index (χ0) is 13.2. The molecule has 0 atom stereocenters. The first-order chi connectivity index (χ1) is 8.77. The molecular formula is C15H21FO2. The largest absolute Gasteiger partial charge is 0.494 e. The Balaban J connectivity index is 2.25. The molecule has 0 aliphatic rings. The maximum atomic E-state index is 12.1. The lowest BCUT2D eigenvalue weighted by Crippen LogP contribution is -2.01. The molecule has 0 aromatic heterocycles. The van der Waals surface area contributed by atoms with Gasteiger partial charge in [-0.05, 0) is 30.7 Å². The van der Waals surface area contributed by atoms with Gasteiger partial charge in [0.05, 0.1) is 6.61 Å². The van der Waals surface area contributed by atoms with Crippen molar-refractivity contribution in [3.05, 3.63) is 29.8 Å². The van der Waals surface area contributed by atoms with Crippen LogP contribution in [0.1, 0.15) is 49.4 Å². The van der Waals surface area contributed by atoms with Gasteiger partial charge < -0.3 is 4.74 Å². The Morgan fingerprint density at radius 3 is 2.39 bits per heavy atom. The van der Waals surface area contributed by atoms with Crippen molar-refractivity contribution in [3.8, 4) is 5.75 Å². The molecule has 18 heavy (non-hydrogen) atoms. The van der Waals surface area contributed by atoms with Crippen LogP contribution < -0.4 is 4.74 Å². The third-order valence-corrected chi connectivity index (χ3v) is 2.81. The number of hydrogen-bond donors (Lipinski definition) is 0. The Labute approximate surface area is 108 Å². The van der Waals surface area contributed by atoms with Gasteiger partial charge in [0.25, 0.3) is 0 Å². The average molecular weight is 252 g/mol. The van der Waals surface area contributed by atoms with Gasteiger partial charge in [-0.2, -0.15) is 0 Å². The van der Waals surface area contributed by atoms with Gasteiger partial charge in [0.2, 0.25) is 0 Å². The first-order valence-corrected chi connectivity index (χ1v) is 6.60. The lowest BCUT2D eigenvalue weighted by atomic mass is 10.1. The van der Waals surface area contributed by atoms with E-state index < -0.39 is 12.5 Å². The van der Waals surface area contributed by atoms with Crippen molar-refractivity contribution in [2.75, 3.05) is 13.3 Å². The molecule has 2 nitrogen and oxygen atoms in total. The standard InChI is InChI=1S/C15H21FO2/c1-2-3-4-5-6-11-18-14-9-7-13(8-10-14)15(17)12-16/h7-10H,2-6,11-12H2,1H3. The van der Waals surface area contributed by atoms with Crippen molar-refractivity contribution in [1.29, 1.82) is 0 Å². The number of alkyl halides is 1. The predicted molar refractivity (Wildman–Crippen MR) is 71.0 cm³/mol. The number of ether oxygens (including phenoxy) is 1. The summed E-state index contributed by atoms with van der Waals surface area (Å²) >= 11 is 0. The first-order valence-electron chi connectivity index (χ1n) is 6.60. The normalized spacial score (nSPS) is 10.3. The predicted octanol–water partition coefficient (Wildman–Crippen LogP) is 4.19. The number of ketones is 1. The van der Waals surface area contributed by atoms with E-state index >= 15 is 0 Å². The lowest BCUT2D eigenvalue weighted by molar-refractivity contribution is 0.0958. The van der Waals surface area contributed by atoms with Gasteiger partial charge in [-0.1, -0.05) is 32.6 Å². The Hall–Kier alpha value is -1.38. The van der Waals surface area contributed by atoms with E-state index in [0.29, 0.717) is 12.2 Å². The number of halogens is 1. The number of rotatable bonds is 9. The zero-order valence-electron chi connectivity index (χ0n) is 11.0. The number of unbranched alkanes of at least 4 members (excludes halogenated alkanes) is 4. The van der Waals surface area contributed by atoms with Gasteiger partial charge >= 0.3 is 0 Å². The van der Waals surface area contributed by atoms with Crippen LogP contribution in [0.15, 0.2) is 24.3 Å². The molecule has 1 rings (SSSR count). The molecule has 0 N–H and O–H groups in total. The van der Waals surface area contributed by atoms with Gasteiger partial charge in [-0.15, -0.1) is 0 Å². The summed E-state index contributed by atoms with van der Waals surface area (Å²) in [6.45, 7) is 1.94. The highest BCUT2D eigenvalue weighted by Crippen LogP contribution is 2.13. The Bertz CT molecular complexity index is 346. The second-order valence-corrected chi connectivity index (χ2v) is 4.34. The fourth-order valence-corrected chi connectivity index (χ4v) is 1.71. The highest BCUT2D eigenvalue weighted by molar-refractivity contribution is 5.97. The van der Waals surface area contributed by atoms with Crippen molar-refractivity contribution in [2.45, 2.75) is 39.0 Å². The van der Waals surface area contributed by atoms with Crippen molar-refractivity contribution in [1.82, 2.24) is 0 Å². The van der Waals surface area contributed by atoms with Crippen molar-refractivity contribution >= 4 is 5.78 Å². The number of carbonyl (C=O) groups excluding carboxylic acids is 1. The van der Waals surface area contributed by atoms with Gasteiger partial charge in [0, 0.05) is 5.56 Å². The topological polar surface area (TPSA) is 26.3 Å². The second-order valence-electron chi connectivity index (χ2n) is 4.34. The van der Waals surface area contributed by atoms with Crippen LogP contribution in [-0.4, -0.2) is 19.1 Å². The molecule has 100 valence electrons. The maximum absolute atomic E-state index is 12.1. The van der Waals surface area contributed by atoms with Gasteiger partial charge in [-0.25, -0.2) is 4.39 Å². The van der Waals surface area contributed by atoms with E-state index in [0.717, 1.165) is 12.2 Å². The van der Waals surface area contributed by atoms with Gasteiger partial charge in [0.15, 0.2) is 12.5 Å². The SMILES string of the molecule is CCCCCCCOc1ccc(C(=O)CF)cc1. The number of hydrogen-bond acceptors (Lipinski definition) is 2. The number of benzene rings is 1. The average Bonchev–Trinajstić information content (AvgIpc) is 2.42. The summed E-state index contributed by atoms with van der Waals surface area (Å²) in [5, 5.41) is 0. The van der Waals surface area contributed by atoms with Crippen LogP contribution >= 0.6 is 0 Å². The minimum atomic E-state index is -0.947. The smallest absolute Gasteiger partial charge is 0.193 e. The lowest BCUT2D eigenvalue weighted by Gasteiger charge is -2.06. The van der Waals surface area contributed by atoms with Crippen LogP contribution in [-0.2, 0) is 0 Å². The molecule has 0 bridgehead atoms. The Kier molecular flexibility index (Phi) is 7.07. The molecule has 0 radical (unpaired) electrons. The summed E-state index contributed by atoms with van der Waals surface area (Å²) in [5.74, 6) is 0.252. The van der Waals surface area contributed by atoms with E-state index in [9.17, 15) is 9.18 Å². The van der Waals surface area contributed by atoms with E-state index in [1.165, 1.54) is 25.7 Å². The van der Waals surface area contributed by atoms with E-state index in [1.54, 1.807) is 24.3 Å². The van der Waals surface area contributed by atoms with Gasteiger partial charge in [0.1, 0.15) is 5.75 Å². The Morgan fingerprint density at radius 1 is 1.11 bits per heavy atom. The van der Waals surface area contributed by atoms with E-state index in [2.05, 4.69) is 6.92 Å². The van der Waals surface area contributed by atoms with Crippen LogP contribution in [0.3, 0.4) is 0 Å². The van der Waals surface area contributed by atoms with E-state index in [-0.39, 0.29) is 0 Å². The molecule has 1 aromatic rings. The van der Waals surface area contributed by atoms with Crippen molar-refractivity contribution < 1.29 is 13.9 Å². The number of Topliss-reactive ketones (excluding diaryl/α,β-unsaturated/α-hetero) is 1. The summed E-state index contributed by atoms with van der Waals surface area (Å²) in [6.07, 6.45) is 6.01. The fraction of sp³-hybridized carbons (Fsp3) is 0.533. The third kappa shape index (κ3) is 5.30. The van der Waals surface area contributed by atoms with Crippen LogP contribution in [0.4, 0.5) is 4.39 Å². The molecule has 3 heteroatoms. The minimum Gasteiger partial charge on any atom is -0.494 e. The van der Waals surface area contributed by atoms with E-state index in [1.807, 2.05) is 0 Å². The quantitative estimate of drug-likeness (QED) is 0.486. The van der Waals surface area contributed by atoms with Gasteiger partial charge in [-0.3, -0.25) is 4.79 Å². The van der Waals surface area contributed by atoms with Crippen LogP contribution in [0.5, 0.6) is 5.75 Å². The summed E-state index contributed by atoms with van der Waals surface area (Å²) in [6, 6.07) is 6.65. The highest BCUT2D eigenvalue weighted by Gasteiger charge is 2.04. The molecule has 0 aliphatic heterocycles. The van der Waals surface area contributed by atoms with E-state index in [4.69, 9.17) is 4.74 Å². The maximum Gasteiger partial charge on any atom is 0.193 e. The molecule has 0 heterocycles. The van der Waals surface area contributed by atoms with Crippen LogP contribution in [0.25, 0.3) is 0 Å². The molecule has 0 saturated carbocycles. The molecule has 0 spiro atoms. The molecule has 0 aliphatic carbocycles. The second kappa shape index (κ2) is 8.67. The summed E-state index contributed by atoms with van der Waals surface area (Å²) in [7, 11) is 0. The van der Waals surface area contributed by atoms with Crippen LogP contribution in [0, 0.1) is 0 Å². The minimum absolute atomic E-state index is 0.396. The summed E-state index contributed by atoms with van der Waals surface area (Å²) in [5.41, 5.74) is 0.396. The van der Waals surface area contributed by atoms with Crippen LogP contribution in [0.2, 0.25) is 0 Å². The molecule has 0 fully saturated rings. The summed E-state index contributed by atoms with van der Waals surface area (Å²) in [4.78, 5) is 11.1. The van der Waals surface area contributed by atoms with Crippen molar-refractivity contribution in [2.24, 2.45) is 0 Å². The highest BCUT2D eigenvalue weighted by atomic mass is 19.1. The molecule has 0 amide bonds. The first kappa shape index (κ1) is 14.7. The summed E-state index contributed by atoms with van der Waals surface area (Å²) < 4.78 is 17.7. The zero-order valence-corrected chi connectivity index (χ0v) is 11.0. The molecule has 0 unspecified atom stereocenters. The Morgan fingerprint density at radius 2 is 1.78 bits per heavy atom.